The maximum Gasteiger partial charge on any atom is 0.416 e. The van der Waals surface area contributed by atoms with Crippen LogP contribution in [0.25, 0.3) is 0 Å². The van der Waals surface area contributed by atoms with E-state index in [1.54, 1.807) is 6.07 Å². The Bertz CT molecular complexity index is 475. The molecule has 0 amide bonds. The van der Waals surface area contributed by atoms with Crippen molar-refractivity contribution in [2.24, 2.45) is 5.73 Å². The molecule has 1 heterocycles. The highest BCUT2D eigenvalue weighted by atomic mass is 19.4. The molecule has 0 radical (unpaired) electrons. The maximum atomic E-state index is 12.8. The third kappa shape index (κ3) is 3.75. The highest BCUT2D eigenvalue weighted by Crippen LogP contribution is 2.32. The highest BCUT2D eigenvalue weighted by Gasteiger charge is 2.32. The Morgan fingerprint density at radius 1 is 1.33 bits per heavy atom. The number of halogens is 3. The molecule has 0 spiro atoms. The van der Waals surface area contributed by atoms with Crippen molar-refractivity contribution in [3.05, 3.63) is 35.4 Å². The van der Waals surface area contributed by atoms with Crippen molar-refractivity contribution < 1.29 is 13.2 Å². The standard InChI is InChI=1S/C15H22F3N3/c1-11-10-21(7-6-20(11)2)14(9-19)12-4-3-5-13(8-12)15(16,17)18/h3-5,8,11,14H,6-7,9-10,19H2,1-2H3. The van der Waals surface area contributed by atoms with Crippen molar-refractivity contribution in [3.63, 3.8) is 0 Å². The Hall–Kier alpha value is -1.11. The molecule has 1 aliphatic rings. The van der Waals surface area contributed by atoms with E-state index in [-0.39, 0.29) is 6.04 Å². The second kappa shape index (κ2) is 6.34. The van der Waals surface area contributed by atoms with Gasteiger partial charge in [0.1, 0.15) is 0 Å². The minimum Gasteiger partial charge on any atom is -0.329 e. The van der Waals surface area contributed by atoms with Crippen LogP contribution in [0.1, 0.15) is 24.1 Å². The minimum absolute atomic E-state index is 0.163. The second-order valence-electron chi connectivity index (χ2n) is 5.70. The lowest BCUT2D eigenvalue weighted by Gasteiger charge is -2.41. The van der Waals surface area contributed by atoms with Crippen molar-refractivity contribution >= 4 is 0 Å². The number of nitrogens with zero attached hydrogens (tertiary/aromatic N) is 2. The molecule has 0 aliphatic carbocycles. The van der Waals surface area contributed by atoms with Gasteiger partial charge in [0.15, 0.2) is 0 Å². The van der Waals surface area contributed by atoms with Gasteiger partial charge in [0.05, 0.1) is 5.56 Å². The molecule has 1 aromatic carbocycles. The summed E-state index contributed by atoms with van der Waals surface area (Å²) >= 11 is 0. The average Bonchev–Trinajstić information content (AvgIpc) is 2.43. The number of benzene rings is 1. The van der Waals surface area contributed by atoms with Crippen molar-refractivity contribution in [3.8, 4) is 0 Å². The van der Waals surface area contributed by atoms with E-state index in [0.717, 1.165) is 25.7 Å². The SMILES string of the molecule is CC1CN(C(CN)c2cccc(C(F)(F)F)c2)CCN1C. The summed E-state index contributed by atoms with van der Waals surface area (Å²) in [5.41, 5.74) is 5.87. The second-order valence-corrected chi connectivity index (χ2v) is 5.70. The Kier molecular flexibility index (Phi) is 4.91. The van der Waals surface area contributed by atoms with E-state index in [1.807, 2.05) is 0 Å². The molecule has 118 valence electrons. The summed E-state index contributed by atoms with van der Waals surface area (Å²) in [5, 5.41) is 0. The van der Waals surface area contributed by atoms with Crippen molar-refractivity contribution in [1.29, 1.82) is 0 Å². The minimum atomic E-state index is -4.31. The first-order chi connectivity index (χ1) is 9.82. The smallest absolute Gasteiger partial charge is 0.329 e. The van der Waals surface area contributed by atoms with Gasteiger partial charge in [-0.2, -0.15) is 13.2 Å². The van der Waals surface area contributed by atoms with Crippen molar-refractivity contribution in [1.82, 2.24) is 9.80 Å². The number of likely N-dealkylation sites (N-methyl/N-ethyl adjacent to an activating group) is 1. The first-order valence-electron chi connectivity index (χ1n) is 7.14. The van der Waals surface area contributed by atoms with Crippen LogP contribution in [0.5, 0.6) is 0 Å². The molecule has 6 heteroatoms. The predicted molar refractivity (Wildman–Crippen MR) is 76.9 cm³/mol. The molecule has 1 aromatic rings. The number of alkyl halides is 3. The monoisotopic (exact) mass is 301 g/mol. The zero-order chi connectivity index (χ0) is 15.6. The van der Waals surface area contributed by atoms with Gasteiger partial charge >= 0.3 is 6.18 Å². The quantitative estimate of drug-likeness (QED) is 0.930. The number of hydrogen-bond acceptors (Lipinski definition) is 3. The number of nitrogens with two attached hydrogens (primary N) is 1. The first-order valence-corrected chi connectivity index (χ1v) is 7.14. The zero-order valence-electron chi connectivity index (χ0n) is 12.4. The van der Waals surface area contributed by atoms with E-state index in [1.165, 1.54) is 12.1 Å². The molecule has 1 aliphatic heterocycles. The fraction of sp³-hybridized carbons (Fsp3) is 0.600. The molecule has 2 atom stereocenters. The van der Waals surface area contributed by atoms with Crippen LogP contribution in [0.4, 0.5) is 13.2 Å². The third-order valence-corrected chi connectivity index (χ3v) is 4.25. The van der Waals surface area contributed by atoms with Gasteiger partial charge in [0.25, 0.3) is 0 Å². The average molecular weight is 301 g/mol. The Morgan fingerprint density at radius 3 is 2.62 bits per heavy atom. The molecule has 1 saturated heterocycles. The van der Waals surface area contributed by atoms with E-state index >= 15 is 0 Å². The van der Waals surface area contributed by atoms with Crippen LogP contribution in [0.2, 0.25) is 0 Å². The normalized spacial score (nSPS) is 23.2. The van der Waals surface area contributed by atoms with E-state index in [0.29, 0.717) is 18.2 Å². The zero-order valence-corrected chi connectivity index (χ0v) is 12.4. The highest BCUT2D eigenvalue weighted by molar-refractivity contribution is 5.28. The summed E-state index contributed by atoms with van der Waals surface area (Å²) in [4.78, 5) is 4.43. The molecular formula is C15H22F3N3. The lowest BCUT2D eigenvalue weighted by atomic mass is 10.0. The summed E-state index contributed by atoms with van der Waals surface area (Å²) in [6.07, 6.45) is -4.31. The van der Waals surface area contributed by atoms with Gasteiger partial charge in [-0.25, -0.2) is 0 Å². The van der Waals surface area contributed by atoms with Gasteiger partial charge in [0.2, 0.25) is 0 Å². The van der Waals surface area contributed by atoms with Crippen LogP contribution in [-0.2, 0) is 6.18 Å². The summed E-state index contributed by atoms with van der Waals surface area (Å²) in [6, 6.07) is 5.72. The van der Waals surface area contributed by atoms with Crippen molar-refractivity contribution in [2.45, 2.75) is 25.2 Å². The molecule has 0 saturated carbocycles. The van der Waals surface area contributed by atoms with E-state index in [9.17, 15) is 13.2 Å². The summed E-state index contributed by atoms with van der Waals surface area (Å²) < 4.78 is 38.5. The largest absolute Gasteiger partial charge is 0.416 e. The molecule has 1 fully saturated rings. The summed E-state index contributed by atoms with van der Waals surface area (Å²) in [7, 11) is 2.06. The van der Waals surface area contributed by atoms with Gasteiger partial charge in [-0.15, -0.1) is 0 Å². The maximum absolute atomic E-state index is 12.8. The molecular weight excluding hydrogens is 279 g/mol. The lowest BCUT2D eigenvalue weighted by Crippen LogP contribution is -2.52. The molecule has 21 heavy (non-hydrogen) atoms. The van der Waals surface area contributed by atoms with Gasteiger partial charge in [-0.05, 0) is 31.7 Å². The fourth-order valence-corrected chi connectivity index (χ4v) is 2.78. The number of piperazine rings is 1. The van der Waals surface area contributed by atoms with Crippen molar-refractivity contribution in [2.75, 3.05) is 33.2 Å². The van der Waals surface area contributed by atoms with Gasteiger partial charge in [-0.1, -0.05) is 12.1 Å². The van der Waals surface area contributed by atoms with E-state index in [4.69, 9.17) is 5.73 Å². The molecule has 2 unspecified atom stereocenters. The van der Waals surface area contributed by atoms with Crippen LogP contribution in [0.3, 0.4) is 0 Å². The van der Waals surface area contributed by atoms with Crippen LogP contribution in [-0.4, -0.2) is 49.1 Å². The predicted octanol–water partition coefficient (Wildman–Crippen LogP) is 2.34. The van der Waals surface area contributed by atoms with Crippen LogP contribution in [0, 0.1) is 0 Å². The van der Waals surface area contributed by atoms with Crippen LogP contribution < -0.4 is 5.73 Å². The van der Waals surface area contributed by atoms with Crippen LogP contribution >= 0.6 is 0 Å². The Labute approximate surface area is 123 Å². The molecule has 2 rings (SSSR count). The van der Waals surface area contributed by atoms with E-state index < -0.39 is 11.7 Å². The van der Waals surface area contributed by atoms with Gasteiger partial charge < -0.3 is 10.6 Å². The molecule has 2 N–H and O–H groups in total. The van der Waals surface area contributed by atoms with Crippen LogP contribution in [0.15, 0.2) is 24.3 Å². The third-order valence-electron chi connectivity index (χ3n) is 4.25. The number of rotatable bonds is 3. The summed E-state index contributed by atoms with van der Waals surface area (Å²) in [5.74, 6) is 0. The summed E-state index contributed by atoms with van der Waals surface area (Å²) in [6.45, 7) is 4.97. The molecule has 0 aromatic heterocycles. The lowest BCUT2D eigenvalue weighted by molar-refractivity contribution is -0.137. The topological polar surface area (TPSA) is 32.5 Å². The van der Waals surface area contributed by atoms with Gasteiger partial charge in [0, 0.05) is 38.3 Å². The van der Waals surface area contributed by atoms with E-state index in [2.05, 4.69) is 23.8 Å². The molecule has 0 bridgehead atoms. The Morgan fingerprint density at radius 2 is 2.05 bits per heavy atom. The number of hydrogen-bond donors (Lipinski definition) is 1. The van der Waals surface area contributed by atoms with Gasteiger partial charge in [-0.3, -0.25) is 4.90 Å². The fourth-order valence-electron chi connectivity index (χ4n) is 2.78. The Balaban J connectivity index is 2.22. The molecule has 3 nitrogen and oxygen atoms in total. The first kappa shape index (κ1) is 16.3.